The Morgan fingerprint density at radius 2 is 2.14 bits per heavy atom. The second kappa shape index (κ2) is 6.54. The quantitative estimate of drug-likeness (QED) is 0.899. The van der Waals surface area contributed by atoms with Gasteiger partial charge in [0.1, 0.15) is 5.76 Å². The van der Waals surface area contributed by atoms with Crippen molar-refractivity contribution in [2.45, 2.75) is 20.8 Å². The lowest BCUT2D eigenvalue weighted by molar-refractivity contribution is 0.0941. The highest BCUT2D eigenvalue weighted by Gasteiger charge is 2.21. The summed E-state index contributed by atoms with van der Waals surface area (Å²) >= 11 is 0. The predicted molar refractivity (Wildman–Crippen MR) is 86.0 cm³/mol. The summed E-state index contributed by atoms with van der Waals surface area (Å²) in [5.74, 6) is 1.99. The Balaban J connectivity index is 0.00000176. The van der Waals surface area contributed by atoms with Crippen molar-refractivity contribution >= 4 is 18.3 Å². The number of amides is 1. The SMILES string of the molecule is Cc1cc(-n2c(C)cc(C(=O)NCC3CNC3)c2C)no1.Cl. The highest BCUT2D eigenvalue weighted by molar-refractivity contribution is 5.95. The van der Waals surface area contributed by atoms with Crippen molar-refractivity contribution in [3.63, 3.8) is 0 Å². The van der Waals surface area contributed by atoms with Crippen LogP contribution in [0, 0.1) is 26.7 Å². The van der Waals surface area contributed by atoms with Gasteiger partial charge < -0.3 is 15.2 Å². The van der Waals surface area contributed by atoms with Crippen LogP contribution < -0.4 is 10.6 Å². The van der Waals surface area contributed by atoms with E-state index >= 15 is 0 Å². The highest BCUT2D eigenvalue weighted by Crippen LogP contribution is 2.20. The van der Waals surface area contributed by atoms with Crippen molar-refractivity contribution in [3.05, 3.63) is 34.8 Å². The summed E-state index contributed by atoms with van der Waals surface area (Å²) in [6.45, 7) is 8.43. The van der Waals surface area contributed by atoms with Crippen molar-refractivity contribution in [2.75, 3.05) is 19.6 Å². The highest BCUT2D eigenvalue weighted by atomic mass is 35.5. The maximum Gasteiger partial charge on any atom is 0.253 e. The minimum absolute atomic E-state index is 0. The standard InChI is InChI=1S/C15H20N4O2.ClH/c1-9-4-13(15(20)17-8-12-6-16-7-12)11(3)19(9)14-5-10(2)21-18-14;/h4-5,12,16H,6-8H2,1-3H3,(H,17,20);1H. The van der Waals surface area contributed by atoms with Crippen molar-refractivity contribution in [2.24, 2.45) is 5.92 Å². The van der Waals surface area contributed by atoms with Crippen LogP contribution >= 0.6 is 12.4 Å². The number of halogens is 1. The fourth-order valence-corrected chi connectivity index (χ4v) is 2.63. The molecule has 7 heteroatoms. The average molecular weight is 325 g/mol. The molecule has 0 aromatic carbocycles. The van der Waals surface area contributed by atoms with Crippen LogP contribution in [-0.4, -0.2) is 35.3 Å². The first kappa shape index (κ1) is 16.6. The molecule has 0 aliphatic carbocycles. The summed E-state index contributed by atoms with van der Waals surface area (Å²) in [5, 5.41) is 10.2. The third-order valence-corrected chi connectivity index (χ3v) is 3.94. The number of rotatable bonds is 4. The van der Waals surface area contributed by atoms with Crippen LogP contribution in [0.15, 0.2) is 16.7 Å². The number of nitrogens with zero attached hydrogens (tertiary/aromatic N) is 2. The van der Waals surface area contributed by atoms with Crippen LogP contribution in [0.2, 0.25) is 0 Å². The molecule has 2 aromatic heterocycles. The molecule has 3 rings (SSSR count). The van der Waals surface area contributed by atoms with E-state index in [4.69, 9.17) is 4.52 Å². The molecule has 6 nitrogen and oxygen atoms in total. The number of aryl methyl sites for hydroxylation is 2. The van der Waals surface area contributed by atoms with E-state index in [1.54, 1.807) is 0 Å². The largest absolute Gasteiger partial charge is 0.360 e. The monoisotopic (exact) mass is 324 g/mol. The molecule has 0 saturated carbocycles. The molecule has 120 valence electrons. The van der Waals surface area contributed by atoms with Crippen LogP contribution in [0.1, 0.15) is 27.5 Å². The van der Waals surface area contributed by atoms with Gasteiger partial charge in [0.05, 0.1) is 5.56 Å². The van der Waals surface area contributed by atoms with Crippen LogP contribution in [0.4, 0.5) is 0 Å². The lowest BCUT2D eigenvalue weighted by atomic mass is 10.0. The van der Waals surface area contributed by atoms with Crippen LogP contribution in [-0.2, 0) is 0 Å². The number of nitrogens with one attached hydrogen (secondary N) is 2. The number of carbonyl (C=O) groups is 1. The predicted octanol–water partition coefficient (Wildman–Crippen LogP) is 1.76. The van der Waals surface area contributed by atoms with Gasteiger partial charge in [-0.15, -0.1) is 12.4 Å². The van der Waals surface area contributed by atoms with Gasteiger partial charge in [0.25, 0.3) is 5.91 Å². The Labute approximate surface area is 135 Å². The molecule has 0 bridgehead atoms. The molecule has 2 aromatic rings. The van der Waals surface area contributed by atoms with E-state index in [0.717, 1.165) is 36.8 Å². The van der Waals surface area contributed by atoms with Gasteiger partial charge in [-0.25, -0.2) is 0 Å². The topological polar surface area (TPSA) is 72.1 Å². The zero-order valence-electron chi connectivity index (χ0n) is 13.0. The Morgan fingerprint density at radius 3 is 2.68 bits per heavy atom. The van der Waals surface area contributed by atoms with Crippen molar-refractivity contribution in [1.29, 1.82) is 0 Å². The van der Waals surface area contributed by atoms with Gasteiger partial charge in [-0.05, 0) is 26.8 Å². The van der Waals surface area contributed by atoms with Crippen LogP contribution in [0.3, 0.4) is 0 Å². The molecular formula is C15H21ClN4O2. The zero-order chi connectivity index (χ0) is 15.0. The molecule has 1 amide bonds. The number of aromatic nitrogens is 2. The molecule has 2 N–H and O–H groups in total. The summed E-state index contributed by atoms with van der Waals surface area (Å²) in [6, 6.07) is 3.76. The Kier molecular flexibility index (Phi) is 4.93. The molecule has 1 aliphatic rings. The van der Waals surface area contributed by atoms with Gasteiger partial charge in [-0.1, -0.05) is 5.16 Å². The summed E-state index contributed by atoms with van der Waals surface area (Å²) in [7, 11) is 0. The first-order chi connectivity index (χ1) is 10.1. The molecular weight excluding hydrogens is 304 g/mol. The number of hydrogen-bond acceptors (Lipinski definition) is 4. The second-order valence-corrected chi connectivity index (χ2v) is 5.65. The Morgan fingerprint density at radius 1 is 1.41 bits per heavy atom. The third-order valence-electron chi connectivity index (χ3n) is 3.94. The van der Waals surface area contributed by atoms with E-state index < -0.39 is 0 Å². The maximum absolute atomic E-state index is 12.3. The minimum Gasteiger partial charge on any atom is -0.360 e. The fourth-order valence-electron chi connectivity index (χ4n) is 2.63. The van der Waals surface area contributed by atoms with Gasteiger partial charge >= 0.3 is 0 Å². The molecule has 0 atom stereocenters. The lowest BCUT2D eigenvalue weighted by Crippen LogP contribution is -2.48. The Hall–Kier alpha value is -1.79. The molecule has 1 saturated heterocycles. The van der Waals surface area contributed by atoms with Gasteiger partial charge in [0.2, 0.25) is 0 Å². The summed E-state index contributed by atoms with van der Waals surface area (Å²) in [6.07, 6.45) is 0. The van der Waals surface area contributed by atoms with Crippen LogP contribution in [0.25, 0.3) is 5.82 Å². The number of carbonyl (C=O) groups excluding carboxylic acids is 1. The molecule has 0 spiro atoms. The summed E-state index contributed by atoms with van der Waals surface area (Å²) in [4.78, 5) is 12.3. The van der Waals surface area contributed by atoms with E-state index in [9.17, 15) is 4.79 Å². The van der Waals surface area contributed by atoms with Crippen LogP contribution in [0.5, 0.6) is 0 Å². The normalized spacial score (nSPS) is 14.3. The van der Waals surface area contributed by atoms with Crippen molar-refractivity contribution in [3.8, 4) is 5.82 Å². The smallest absolute Gasteiger partial charge is 0.253 e. The van der Waals surface area contributed by atoms with Crippen molar-refractivity contribution < 1.29 is 9.32 Å². The maximum atomic E-state index is 12.3. The molecule has 1 aliphatic heterocycles. The molecule has 1 fully saturated rings. The summed E-state index contributed by atoms with van der Waals surface area (Å²) < 4.78 is 7.06. The van der Waals surface area contributed by atoms with E-state index in [1.165, 1.54) is 0 Å². The Bertz CT molecular complexity index is 673. The third kappa shape index (κ3) is 3.03. The van der Waals surface area contributed by atoms with E-state index in [1.807, 2.05) is 37.5 Å². The molecule has 0 radical (unpaired) electrons. The first-order valence-corrected chi connectivity index (χ1v) is 7.18. The first-order valence-electron chi connectivity index (χ1n) is 7.18. The van der Waals surface area contributed by atoms with Gasteiger partial charge in [0, 0.05) is 43.0 Å². The fraction of sp³-hybridized carbons (Fsp3) is 0.467. The van der Waals surface area contributed by atoms with E-state index in [0.29, 0.717) is 17.3 Å². The molecule has 22 heavy (non-hydrogen) atoms. The van der Waals surface area contributed by atoms with Gasteiger partial charge in [-0.2, -0.15) is 0 Å². The number of hydrogen-bond donors (Lipinski definition) is 2. The molecule has 3 heterocycles. The second-order valence-electron chi connectivity index (χ2n) is 5.65. The van der Waals surface area contributed by atoms with E-state index in [-0.39, 0.29) is 18.3 Å². The zero-order valence-corrected chi connectivity index (χ0v) is 13.8. The van der Waals surface area contributed by atoms with Gasteiger partial charge in [0.15, 0.2) is 5.82 Å². The van der Waals surface area contributed by atoms with E-state index in [2.05, 4.69) is 15.8 Å². The lowest BCUT2D eigenvalue weighted by Gasteiger charge is -2.27. The summed E-state index contributed by atoms with van der Waals surface area (Å²) in [5.41, 5.74) is 2.54. The average Bonchev–Trinajstić information content (AvgIpc) is 2.91. The molecule has 0 unspecified atom stereocenters. The minimum atomic E-state index is -0.0264. The van der Waals surface area contributed by atoms with Gasteiger partial charge in [-0.3, -0.25) is 9.36 Å². The van der Waals surface area contributed by atoms with Crippen molar-refractivity contribution in [1.82, 2.24) is 20.4 Å².